The predicted molar refractivity (Wildman–Crippen MR) is 80.7 cm³/mol. The van der Waals surface area contributed by atoms with Gasteiger partial charge in [-0.2, -0.15) is 5.10 Å². The lowest BCUT2D eigenvalue weighted by Gasteiger charge is -2.06. The lowest BCUT2D eigenvalue weighted by atomic mass is 10.0. The highest BCUT2D eigenvalue weighted by molar-refractivity contribution is 6.03. The third-order valence-corrected chi connectivity index (χ3v) is 3.05. The number of nitrogens with one attached hydrogen (secondary N) is 1. The quantitative estimate of drug-likeness (QED) is 0.859. The molecule has 0 aliphatic carbocycles. The van der Waals surface area contributed by atoms with Gasteiger partial charge in [0.1, 0.15) is 0 Å². The summed E-state index contributed by atoms with van der Waals surface area (Å²) in [6.45, 7) is 5.85. The molecule has 0 saturated carbocycles. The van der Waals surface area contributed by atoms with Crippen molar-refractivity contribution in [1.82, 2.24) is 10.2 Å². The van der Waals surface area contributed by atoms with E-state index in [0.717, 1.165) is 5.56 Å². The van der Waals surface area contributed by atoms with Crippen LogP contribution in [-0.2, 0) is 9.47 Å². The van der Waals surface area contributed by atoms with Crippen molar-refractivity contribution in [3.63, 3.8) is 0 Å². The molecule has 1 N–H and O–H groups in total. The summed E-state index contributed by atoms with van der Waals surface area (Å²) in [6, 6.07) is 7.44. The fourth-order valence-corrected chi connectivity index (χ4v) is 2.04. The highest BCUT2D eigenvalue weighted by Gasteiger charge is 2.26. The van der Waals surface area contributed by atoms with Gasteiger partial charge in [0.2, 0.25) is 0 Å². The molecule has 1 aromatic heterocycles. The van der Waals surface area contributed by atoms with Crippen molar-refractivity contribution in [3.05, 3.63) is 41.2 Å². The normalized spacial score (nSPS) is 10.3. The van der Waals surface area contributed by atoms with Gasteiger partial charge in [0, 0.05) is 5.56 Å². The van der Waals surface area contributed by atoms with Crippen molar-refractivity contribution in [2.45, 2.75) is 20.8 Å². The summed E-state index contributed by atoms with van der Waals surface area (Å²) in [7, 11) is 0. The first-order valence-electron chi connectivity index (χ1n) is 7.08. The molecule has 2 rings (SSSR count). The highest BCUT2D eigenvalue weighted by atomic mass is 16.5. The second-order valence-electron chi connectivity index (χ2n) is 4.63. The van der Waals surface area contributed by atoms with Crippen LogP contribution in [-0.4, -0.2) is 35.3 Å². The number of ether oxygens (including phenoxy) is 2. The van der Waals surface area contributed by atoms with E-state index in [2.05, 4.69) is 10.2 Å². The predicted octanol–water partition coefficient (Wildman–Crippen LogP) is 2.74. The van der Waals surface area contributed by atoms with E-state index in [4.69, 9.17) is 9.47 Å². The molecule has 0 saturated heterocycles. The fourth-order valence-electron chi connectivity index (χ4n) is 2.04. The van der Waals surface area contributed by atoms with Gasteiger partial charge >= 0.3 is 11.9 Å². The Kier molecular flexibility index (Phi) is 4.93. The number of aromatic nitrogens is 2. The van der Waals surface area contributed by atoms with Crippen LogP contribution >= 0.6 is 0 Å². The third-order valence-electron chi connectivity index (χ3n) is 3.05. The van der Waals surface area contributed by atoms with Crippen LogP contribution in [0.3, 0.4) is 0 Å². The fraction of sp³-hybridized carbons (Fsp3) is 0.312. The van der Waals surface area contributed by atoms with E-state index in [1.54, 1.807) is 13.8 Å². The van der Waals surface area contributed by atoms with E-state index < -0.39 is 11.9 Å². The Labute approximate surface area is 128 Å². The summed E-state index contributed by atoms with van der Waals surface area (Å²) in [5, 5.41) is 6.52. The van der Waals surface area contributed by atoms with Crippen LogP contribution in [0.4, 0.5) is 0 Å². The Morgan fingerprint density at radius 2 is 1.64 bits per heavy atom. The monoisotopic (exact) mass is 302 g/mol. The second kappa shape index (κ2) is 6.89. The molecular weight excluding hydrogens is 284 g/mol. The van der Waals surface area contributed by atoms with Crippen LogP contribution in [0.5, 0.6) is 0 Å². The van der Waals surface area contributed by atoms with Gasteiger partial charge < -0.3 is 9.47 Å². The Hall–Kier alpha value is -2.63. The number of carbonyl (C=O) groups is 2. The summed E-state index contributed by atoms with van der Waals surface area (Å²) >= 11 is 0. The van der Waals surface area contributed by atoms with Crippen molar-refractivity contribution in [3.8, 4) is 11.1 Å². The summed E-state index contributed by atoms with van der Waals surface area (Å²) in [5.41, 5.74) is 2.40. The summed E-state index contributed by atoms with van der Waals surface area (Å²) in [5.74, 6) is -1.13. The van der Waals surface area contributed by atoms with Gasteiger partial charge in [0.15, 0.2) is 11.4 Å². The minimum absolute atomic E-state index is 0.0776. The Balaban J connectivity index is 2.54. The Bertz CT molecular complexity index is 638. The van der Waals surface area contributed by atoms with E-state index in [1.165, 1.54) is 0 Å². The lowest BCUT2D eigenvalue weighted by Crippen LogP contribution is -2.09. The first kappa shape index (κ1) is 15.8. The van der Waals surface area contributed by atoms with Crippen molar-refractivity contribution in [1.29, 1.82) is 0 Å². The zero-order chi connectivity index (χ0) is 16.1. The van der Waals surface area contributed by atoms with Gasteiger partial charge in [0.25, 0.3) is 0 Å². The molecule has 1 aromatic carbocycles. The number of rotatable bonds is 5. The lowest BCUT2D eigenvalue weighted by molar-refractivity contribution is 0.0513. The molecule has 0 aliphatic heterocycles. The van der Waals surface area contributed by atoms with E-state index in [9.17, 15) is 9.59 Å². The maximum absolute atomic E-state index is 12.1. The highest BCUT2D eigenvalue weighted by Crippen LogP contribution is 2.27. The summed E-state index contributed by atoms with van der Waals surface area (Å²) in [6.07, 6.45) is 0. The van der Waals surface area contributed by atoms with Crippen molar-refractivity contribution >= 4 is 11.9 Å². The molecule has 0 aliphatic rings. The molecule has 22 heavy (non-hydrogen) atoms. The maximum Gasteiger partial charge on any atom is 0.359 e. The SMILES string of the molecule is CCOC(=O)c1n[nH]c(C(=O)OCC)c1-c1ccc(C)cc1. The molecule has 6 heteroatoms. The molecular formula is C16H18N2O4. The smallest absolute Gasteiger partial charge is 0.359 e. The average molecular weight is 302 g/mol. The molecule has 0 atom stereocenters. The van der Waals surface area contributed by atoms with Crippen LogP contribution < -0.4 is 0 Å². The van der Waals surface area contributed by atoms with E-state index in [1.807, 2.05) is 31.2 Å². The molecule has 0 spiro atoms. The van der Waals surface area contributed by atoms with E-state index >= 15 is 0 Å². The van der Waals surface area contributed by atoms with Crippen LogP contribution in [0, 0.1) is 6.92 Å². The molecule has 0 bridgehead atoms. The number of esters is 2. The summed E-state index contributed by atoms with van der Waals surface area (Å²) in [4.78, 5) is 24.1. The van der Waals surface area contributed by atoms with Crippen LogP contribution in [0.1, 0.15) is 40.4 Å². The van der Waals surface area contributed by atoms with Crippen LogP contribution in [0.2, 0.25) is 0 Å². The van der Waals surface area contributed by atoms with Gasteiger partial charge in [-0.1, -0.05) is 29.8 Å². The first-order valence-corrected chi connectivity index (χ1v) is 7.08. The van der Waals surface area contributed by atoms with E-state index in [-0.39, 0.29) is 24.6 Å². The maximum atomic E-state index is 12.1. The first-order chi connectivity index (χ1) is 10.6. The molecule has 2 aromatic rings. The van der Waals surface area contributed by atoms with Gasteiger partial charge in [0.05, 0.1) is 13.2 Å². The Morgan fingerprint density at radius 3 is 2.23 bits per heavy atom. The third kappa shape index (κ3) is 3.16. The second-order valence-corrected chi connectivity index (χ2v) is 4.63. The Morgan fingerprint density at radius 1 is 1.05 bits per heavy atom. The van der Waals surface area contributed by atoms with Crippen molar-refractivity contribution in [2.24, 2.45) is 0 Å². The van der Waals surface area contributed by atoms with Gasteiger partial charge in [-0.25, -0.2) is 9.59 Å². The van der Waals surface area contributed by atoms with Crippen LogP contribution in [0.15, 0.2) is 24.3 Å². The van der Waals surface area contributed by atoms with E-state index in [0.29, 0.717) is 11.1 Å². The molecule has 116 valence electrons. The topological polar surface area (TPSA) is 81.3 Å². The minimum atomic E-state index is -0.579. The number of nitrogens with zero attached hydrogens (tertiary/aromatic N) is 1. The molecule has 0 unspecified atom stereocenters. The zero-order valence-electron chi connectivity index (χ0n) is 12.8. The number of aromatic amines is 1. The molecule has 6 nitrogen and oxygen atoms in total. The van der Waals surface area contributed by atoms with Crippen LogP contribution in [0.25, 0.3) is 11.1 Å². The summed E-state index contributed by atoms with van der Waals surface area (Å²) < 4.78 is 10.00. The number of aryl methyl sites for hydroxylation is 1. The van der Waals surface area contributed by atoms with Gasteiger partial charge in [-0.05, 0) is 26.3 Å². The molecule has 1 heterocycles. The molecule has 0 fully saturated rings. The average Bonchev–Trinajstić information content (AvgIpc) is 2.93. The van der Waals surface area contributed by atoms with Crippen molar-refractivity contribution < 1.29 is 19.1 Å². The molecule has 0 radical (unpaired) electrons. The molecule has 0 amide bonds. The number of H-pyrrole nitrogens is 1. The van der Waals surface area contributed by atoms with Crippen molar-refractivity contribution in [2.75, 3.05) is 13.2 Å². The number of benzene rings is 1. The largest absolute Gasteiger partial charge is 0.461 e. The van der Waals surface area contributed by atoms with Gasteiger partial charge in [-0.3, -0.25) is 5.10 Å². The standard InChI is InChI=1S/C16H18N2O4/c1-4-21-15(19)13-12(11-8-6-10(3)7-9-11)14(18-17-13)16(20)22-5-2/h6-9H,4-5H2,1-3H3,(H,17,18). The zero-order valence-corrected chi connectivity index (χ0v) is 12.8. The number of hydrogen-bond acceptors (Lipinski definition) is 5. The van der Waals surface area contributed by atoms with Gasteiger partial charge in [-0.15, -0.1) is 0 Å². The number of hydrogen-bond donors (Lipinski definition) is 1. The number of carbonyl (C=O) groups excluding carboxylic acids is 2. The minimum Gasteiger partial charge on any atom is -0.461 e.